The maximum Gasteiger partial charge on any atom is 0.260 e. The third kappa shape index (κ3) is 4.24. The average Bonchev–Trinajstić information content (AvgIpc) is 3.14. The van der Waals surface area contributed by atoms with Gasteiger partial charge in [-0.25, -0.2) is 19.9 Å². The van der Waals surface area contributed by atoms with E-state index in [1.54, 1.807) is 60.5 Å². The Labute approximate surface area is 156 Å². The molecule has 0 aliphatic rings. The molecule has 1 N–H and O–H groups in total. The van der Waals surface area contributed by atoms with Crippen molar-refractivity contribution in [2.45, 2.75) is 13.8 Å². The van der Waals surface area contributed by atoms with Crippen molar-refractivity contribution in [2.24, 2.45) is 4.99 Å². The highest BCUT2D eigenvalue weighted by molar-refractivity contribution is 6.01. The normalized spacial score (nSPS) is 11.7. The molecule has 0 atom stereocenters. The second-order valence-corrected chi connectivity index (χ2v) is 5.51. The SMILES string of the molecule is C=N/C(=C\C=C/C)NC(=O)c1cc(Oc2cnc(C)nc2)cn2ccnc12. The van der Waals surface area contributed by atoms with Gasteiger partial charge < -0.3 is 14.5 Å². The van der Waals surface area contributed by atoms with Gasteiger partial charge in [0.05, 0.1) is 24.2 Å². The average molecular weight is 362 g/mol. The summed E-state index contributed by atoms with van der Waals surface area (Å²) >= 11 is 0. The van der Waals surface area contributed by atoms with E-state index in [9.17, 15) is 4.79 Å². The van der Waals surface area contributed by atoms with Crippen molar-refractivity contribution >= 4 is 18.3 Å². The molecule has 27 heavy (non-hydrogen) atoms. The molecule has 3 aromatic heterocycles. The van der Waals surface area contributed by atoms with Gasteiger partial charge in [-0.15, -0.1) is 0 Å². The Kier molecular flexibility index (Phi) is 5.36. The van der Waals surface area contributed by atoms with Crippen LogP contribution in [-0.2, 0) is 0 Å². The summed E-state index contributed by atoms with van der Waals surface area (Å²) in [6.07, 6.45) is 13.4. The zero-order valence-corrected chi connectivity index (χ0v) is 15.0. The van der Waals surface area contributed by atoms with Crippen molar-refractivity contribution in [1.82, 2.24) is 24.7 Å². The molecule has 8 heteroatoms. The van der Waals surface area contributed by atoms with Crippen LogP contribution in [0.4, 0.5) is 0 Å². The predicted molar refractivity (Wildman–Crippen MR) is 102 cm³/mol. The molecule has 0 unspecified atom stereocenters. The summed E-state index contributed by atoms with van der Waals surface area (Å²) in [6, 6.07) is 1.61. The summed E-state index contributed by atoms with van der Waals surface area (Å²) in [7, 11) is 0. The van der Waals surface area contributed by atoms with E-state index in [-0.39, 0.29) is 5.91 Å². The molecule has 0 radical (unpaired) electrons. The van der Waals surface area contributed by atoms with Gasteiger partial charge in [0.15, 0.2) is 5.75 Å². The molecule has 0 saturated heterocycles. The number of imidazole rings is 1. The van der Waals surface area contributed by atoms with E-state index in [0.29, 0.717) is 34.4 Å². The minimum atomic E-state index is -0.375. The lowest BCUT2D eigenvalue weighted by atomic mass is 10.2. The number of ether oxygens (including phenoxy) is 1. The summed E-state index contributed by atoms with van der Waals surface area (Å²) in [6.45, 7) is 7.12. The summed E-state index contributed by atoms with van der Waals surface area (Å²) in [5.74, 6) is 1.52. The van der Waals surface area contributed by atoms with Gasteiger partial charge in [0, 0.05) is 12.4 Å². The highest BCUT2D eigenvalue weighted by atomic mass is 16.5. The zero-order chi connectivity index (χ0) is 19.2. The van der Waals surface area contributed by atoms with Crippen LogP contribution in [0.2, 0.25) is 0 Å². The lowest BCUT2D eigenvalue weighted by Gasteiger charge is -2.10. The number of rotatable bonds is 6. The molecule has 0 aromatic carbocycles. The Bertz CT molecular complexity index is 1030. The maximum absolute atomic E-state index is 12.7. The van der Waals surface area contributed by atoms with Gasteiger partial charge in [-0.1, -0.05) is 12.2 Å². The minimum Gasteiger partial charge on any atom is -0.453 e. The lowest BCUT2D eigenvalue weighted by molar-refractivity contribution is 0.0966. The van der Waals surface area contributed by atoms with Gasteiger partial charge in [0.1, 0.15) is 23.0 Å². The first-order chi connectivity index (χ1) is 13.1. The van der Waals surface area contributed by atoms with Crippen LogP contribution in [0, 0.1) is 6.92 Å². The van der Waals surface area contributed by atoms with Crippen LogP contribution in [0.5, 0.6) is 11.5 Å². The molecule has 1 amide bonds. The third-order valence-corrected chi connectivity index (χ3v) is 3.56. The van der Waals surface area contributed by atoms with Crippen LogP contribution in [0.25, 0.3) is 5.65 Å². The molecule has 0 fully saturated rings. The van der Waals surface area contributed by atoms with Crippen molar-refractivity contribution in [1.29, 1.82) is 0 Å². The smallest absolute Gasteiger partial charge is 0.260 e. The molecule has 0 aliphatic carbocycles. The van der Waals surface area contributed by atoms with Gasteiger partial charge in [-0.3, -0.25) is 4.79 Å². The van der Waals surface area contributed by atoms with Crippen LogP contribution in [-0.4, -0.2) is 32.0 Å². The van der Waals surface area contributed by atoms with E-state index in [4.69, 9.17) is 4.74 Å². The monoisotopic (exact) mass is 362 g/mol. The number of allylic oxidation sites excluding steroid dienone is 3. The fraction of sp³-hybridized carbons (Fsp3) is 0.105. The number of fused-ring (bicyclic) bond motifs is 1. The standard InChI is InChI=1S/C19H18N6O2/c1-4-5-6-17(20-3)24-19(26)16-9-14(12-25-8-7-21-18(16)25)27-15-10-22-13(2)23-11-15/h4-12H,3H2,1-2H3,(H,24,26)/b5-4-,17-6+. The van der Waals surface area contributed by atoms with Crippen molar-refractivity contribution in [3.63, 3.8) is 0 Å². The Morgan fingerprint density at radius 3 is 2.78 bits per heavy atom. The van der Waals surface area contributed by atoms with Gasteiger partial charge >= 0.3 is 0 Å². The van der Waals surface area contributed by atoms with Crippen LogP contribution >= 0.6 is 0 Å². The van der Waals surface area contributed by atoms with E-state index in [1.807, 2.05) is 13.0 Å². The predicted octanol–water partition coefficient (Wildman–Crippen LogP) is 3.07. The fourth-order valence-electron chi connectivity index (χ4n) is 2.30. The van der Waals surface area contributed by atoms with E-state index in [1.165, 1.54) is 0 Å². The van der Waals surface area contributed by atoms with Gasteiger partial charge in [0.2, 0.25) is 0 Å². The lowest BCUT2D eigenvalue weighted by Crippen LogP contribution is -2.22. The first kappa shape index (κ1) is 18.0. The molecule has 3 aromatic rings. The fourth-order valence-corrected chi connectivity index (χ4v) is 2.30. The summed E-state index contributed by atoms with van der Waals surface area (Å²) < 4.78 is 7.49. The highest BCUT2D eigenvalue weighted by Crippen LogP contribution is 2.23. The number of carbonyl (C=O) groups is 1. The maximum atomic E-state index is 12.7. The second kappa shape index (κ2) is 8.05. The summed E-state index contributed by atoms with van der Waals surface area (Å²) in [4.78, 5) is 29.0. The number of hydrogen-bond acceptors (Lipinski definition) is 6. The summed E-state index contributed by atoms with van der Waals surface area (Å²) in [5.41, 5.74) is 0.829. The molecule has 0 bridgehead atoms. The number of pyridine rings is 1. The largest absolute Gasteiger partial charge is 0.453 e. The highest BCUT2D eigenvalue weighted by Gasteiger charge is 2.15. The van der Waals surface area contributed by atoms with E-state index >= 15 is 0 Å². The topological polar surface area (TPSA) is 93.8 Å². The molecule has 0 aliphatic heterocycles. The van der Waals surface area contributed by atoms with E-state index in [2.05, 4.69) is 32.0 Å². The van der Waals surface area contributed by atoms with Crippen molar-refractivity contribution in [2.75, 3.05) is 0 Å². The number of aromatic nitrogens is 4. The number of nitrogens with one attached hydrogen (secondary N) is 1. The quantitative estimate of drug-likeness (QED) is 0.537. The Balaban J connectivity index is 1.94. The molecular formula is C19H18N6O2. The molecule has 3 heterocycles. The Morgan fingerprint density at radius 2 is 2.07 bits per heavy atom. The molecule has 0 spiro atoms. The molecular weight excluding hydrogens is 344 g/mol. The number of aryl methyl sites for hydroxylation is 1. The number of amides is 1. The van der Waals surface area contributed by atoms with E-state index < -0.39 is 0 Å². The number of carbonyl (C=O) groups excluding carboxylic acids is 1. The van der Waals surface area contributed by atoms with Gasteiger partial charge in [-0.2, -0.15) is 0 Å². The zero-order valence-electron chi connectivity index (χ0n) is 15.0. The van der Waals surface area contributed by atoms with Crippen molar-refractivity contribution < 1.29 is 9.53 Å². The first-order valence-electron chi connectivity index (χ1n) is 8.15. The Morgan fingerprint density at radius 1 is 1.30 bits per heavy atom. The van der Waals surface area contributed by atoms with Crippen molar-refractivity contribution in [3.05, 3.63) is 72.5 Å². The minimum absolute atomic E-state index is 0.334. The van der Waals surface area contributed by atoms with E-state index in [0.717, 1.165) is 0 Å². The number of nitrogens with zero attached hydrogens (tertiary/aromatic N) is 5. The summed E-state index contributed by atoms with van der Waals surface area (Å²) in [5, 5.41) is 2.71. The number of hydrogen-bond donors (Lipinski definition) is 1. The second-order valence-electron chi connectivity index (χ2n) is 5.51. The van der Waals surface area contributed by atoms with Gasteiger partial charge in [-0.05, 0) is 32.7 Å². The van der Waals surface area contributed by atoms with Crippen LogP contribution in [0.15, 0.2) is 66.1 Å². The molecule has 3 rings (SSSR count). The van der Waals surface area contributed by atoms with Crippen LogP contribution in [0.1, 0.15) is 23.1 Å². The molecule has 136 valence electrons. The molecule has 8 nitrogen and oxygen atoms in total. The van der Waals surface area contributed by atoms with Crippen LogP contribution < -0.4 is 10.1 Å². The third-order valence-electron chi connectivity index (χ3n) is 3.56. The Hall–Kier alpha value is -3.81. The van der Waals surface area contributed by atoms with Crippen molar-refractivity contribution in [3.8, 4) is 11.5 Å². The number of aliphatic imine (C=N–C) groups is 1. The van der Waals surface area contributed by atoms with Gasteiger partial charge in [0.25, 0.3) is 5.91 Å². The molecule has 0 saturated carbocycles. The first-order valence-corrected chi connectivity index (χ1v) is 8.15. The van der Waals surface area contributed by atoms with Crippen LogP contribution in [0.3, 0.4) is 0 Å².